The van der Waals surface area contributed by atoms with E-state index in [1.807, 2.05) is 6.92 Å². The van der Waals surface area contributed by atoms with E-state index in [1.165, 1.54) is 6.20 Å². The molecule has 4 rings (SSSR count). The van der Waals surface area contributed by atoms with Crippen LogP contribution in [0.5, 0.6) is 0 Å². The van der Waals surface area contributed by atoms with Crippen LogP contribution >= 0.6 is 11.6 Å². The fourth-order valence-electron chi connectivity index (χ4n) is 2.75. The first kappa shape index (κ1) is 15.5. The highest BCUT2D eigenvalue weighted by atomic mass is 35.5. The summed E-state index contributed by atoms with van der Waals surface area (Å²) in [6, 6.07) is 8.44. The number of oxazole rings is 1. The molecule has 4 aromatic rings. The zero-order valence-electron chi connectivity index (χ0n) is 13.1. The second kappa shape index (κ2) is 5.78. The van der Waals surface area contributed by atoms with Crippen LogP contribution in [-0.2, 0) is 0 Å². The van der Waals surface area contributed by atoms with E-state index in [9.17, 15) is 9.59 Å². The molecule has 0 saturated heterocycles. The lowest BCUT2D eigenvalue weighted by molar-refractivity contribution is 0.554. The van der Waals surface area contributed by atoms with Gasteiger partial charge in [0.25, 0.3) is 5.56 Å². The van der Waals surface area contributed by atoms with E-state index < -0.39 is 5.76 Å². The molecular formula is C17H13ClN4O3. The summed E-state index contributed by atoms with van der Waals surface area (Å²) in [5.74, 6) is -0.0208. The highest BCUT2D eigenvalue weighted by Gasteiger charge is 2.13. The van der Waals surface area contributed by atoms with Crippen LogP contribution in [-0.4, -0.2) is 15.0 Å². The van der Waals surface area contributed by atoms with Gasteiger partial charge in [-0.1, -0.05) is 11.6 Å². The van der Waals surface area contributed by atoms with Crippen LogP contribution in [0.2, 0.25) is 5.02 Å². The second-order valence-corrected chi connectivity index (χ2v) is 6.17. The second-order valence-electron chi connectivity index (χ2n) is 5.73. The number of nitrogens with zero attached hydrogens (tertiary/aromatic N) is 1. The molecule has 1 aromatic carbocycles. The lowest BCUT2D eigenvalue weighted by atomic mass is 10.1. The maximum Gasteiger partial charge on any atom is 0.417 e. The van der Waals surface area contributed by atoms with E-state index in [1.54, 1.807) is 30.3 Å². The van der Waals surface area contributed by atoms with Crippen LogP contribution in [0.15, 0.2) is 50.5 Å². The minimum absolute atomic E-state index is 0.187. The lowest BCUT2D eigenvalue weighted by Crippen LogP contribution is -2.19. The van der Waals surface area contributed by atoms with Gasteiger partial charge in [0, 0.05) is 27.6 Å². The number of rotatable bonds is 3. The molecule has 0 unspecified atom stereocenters. The Bertz CT molecular complexity index is 1210. The maximum atomic E-state index is 12.4. The standard InChI is InChI=1S/C17H13ClN4O3/c1-8(20-15-6-13-14(7-19-15)25-17(24)22-13)11-5-9-4-10(18)2-3-12(9)21-16(11)23/h2-8H,1H3,(H,19,20)(H,21,23)(H,22,24)/t8-/m0/s1. The Balaban J connectivity index is 1.70. The minimum atomic E-state index is -0.537. The molecule has 0 saturated carbocycles. The van der Waals surface area contributed by atoms with Crippen LogP contribution < -0.4 is 16.6 Å². The van der Waals surface area contributed by atoms with E-state index in [4.69, 9.17) is 16.0 Å². The number of benzene rings is 1. The smallest absolute Gasteiger partial charge is 0.406 e. The Morgan fingerprint density at radius 3 is 2.84 bits per heavy atom. The predicted molar refractivity (Wildman–Crippen MR) is 96.2 cm³/mol. The molecule has 0 aliphatic carbocycles. The molecule has 1 atom stereocenters. The average Bonchev–Trinajstić information content (AvgIpc) is 2.93. The van der Waals surface area contributed by atoms with Crippen molar-refractivity contribution in [3.63, 3.8) is 0 Å². The number of nitrogens with one attached hydrogen (secondary N) is 3. The van der Waals surface area contributed by atoms with E-state index >= 15 is 0 Å². The van der Waals surface area contributed by atoms with Gasteiger partial charge in [0.05, 0.1) is 17.8 Å². The summed E-state index contributed by atoms with van der Waals surface area (Å²) in [6.45, 7) is 1.85. The molecule has 7 nitrogen and oxygen atoms in total. The van der Waals surface area contributed by atoms with Crippen molar-refractivity contribution < 1.29 is 4.42 Å². The third-order valence-electron chi connectivity index (χ3n) is 3.97. The molecule has 0 bridgehead atoms. The molecule has 0 aliphatic rings. The normalized spacial score (nSPS) is 12.6. The number of hydrogen-bond donors (Lipinski definition) is 3. The van der Waals surface area contributed by atoms with E-state index in [-0.39, 0.29) is 11.6 Å². The van der Waals surface area contributed by atoms with E-state index in [0.717, 1.165) is 10.9 Å². The molecule has 25 heavy (non-hydrogen) atoms. The highest BCUT2D eigenvalue weighted by molar-refractivity contribution is 6.31. The highest BCUT2D eigenvalue weighted by Crippen LogP contribution is 2.22. The van der Waals surface area contributed by atoms with Gasteiger partial charge < -0.3 is 14.7 Å². The fraction of sp³-hybridized carbons (Fsp3) is 0.118. The Hall–Kier alpha value is -3.06. The Labute approximate surface area is 145 Å². The molecular weight excluding hydrogens is 344 g/mol. The van der Waals surface area contributed by atoms with Crippen molar-refractivity contribution in [3.8, 4) is 0 Å². The van der Waals surface area contributed by atoms with Gasteiger partial charge in [0.2, 0.25) is 0 Å². The van der Waals surface area contributed by atoms with Crippen molar-refractivity contribution in [2.75, 3.05) is 5.32 Å². The van der Waals surface area contributed by atoms with Crippen LogP contribution in [0, 0.1) is 0 Å². The molecule has 3 N–H and O–H groups in total. The maximum absolute atomic E-state index is 12.4. The molecule has 126 valence electrons. The van der Waals surface area contributed by atoms with Crippen molar-refractivity contribution >= 4 is 39.4 Å². The quantitative estimate of drug-likeness (QED) is 0.523. The number of hydrogen-bond acceptors (Lipinski definition) is 5. The Morgan fingerprint density at radius 2 is 2.00 bits per heavy atom. The van der Waals surface area contributed by atoms with Crippen molar-refractivity contribution in [1.82, 2.24) is 15.0 Å². The van der Waals surface area contributed by atoms with Crippen molar-refractivity contribution in [2.45, 2.75) is 13.0 Å². The monoisotopic (exact) mass is 356 g/mol. The summed E-state index contributed by atoms with van der Waals surface area (Å²) in [7, 11) is 0. The third kappa shape index (κ3) is 2.89. The summed E-state index contributed by atoms with van der Waals surface area (Å²) in [6.07, 6.45) is 1.45. The van der Waals surface area contributed by atoms with Crippen LogP contribution in [0.3, 0.4) is 0 Å². The number of halogens is 1. The number of H-pyrrole nitrogens is 2. The first-order valence-electron chi connectivity index (χ1n) is 7.57. The van der Waals surface area contributed by atoms with Gasteiger partial charge in [-0.25, -0.2) is 9.78 Å². The van der Waals surface area contributed by atoms with Gasteiger partial charge in [-0.15, -0.1) is 0 Å². The average molecular weight is 357 g/mol. The Kier molecular flexibility index (Phi) is 3.58. The van der Waals surface area contributed by atoms with Crippen LogP contribution in [0.25, 0.3) is 22.0 Å². The molecule has 0 fully saturated rings. The zero-order chi connectivity index (χ0) is 17.6. The molecule has 0 radical (unpaired) electrons. The molecule has 0 aliphatic heterocycles. The Morgan fingerprint density at radius 1 is 1.16 bits per heavy atom. The zero-order valence-corrected chi connectivity index (χ0v) is 13.8. The summed E-state index contributed by atoms with van der Waals surface area (Å²) in [4.78, 5) is 33.2. The van der Waals surface area contributed by atoms with Crippen LogP contribution in [0.1, 0.15) is 18.5 Å². The number of aromatic amines is 2. The topological polar surface area (TPSA) is 104 Å². The van der Waals surface area contributed by atoms with E-state index in [2.05, 4.69) is 20.3 Å². The van der Waals surface area contributed by atoms with Crippen molar-refractivity contribution in [2.24, 2.45) is 0 Å². The van der Waals surface area contributed by atoms with Gasteiger partial charge in [0.1, 0.15) is 5.82 Å². The van der Waals surface area contributed by atoms with Gasteiger partial charge in [-0.3, -0.25) is 9.78 Å². The summed E-state index contributed by atoms with van der Waals surface area (Å²) >= 11 is 6.02. The van der Waals surface area contributed by atoms with Crippen molar-refractivity contribution in [3.05, 3.63) is 68.0 Å². The van der Waals surface area contributed by atoms with Crippen LogP contribution in [0.4, 0.5) is 5.82 Å². The SMILES string of the molecule is C[C@H](Nc1cc2[nH]c(=O)oc2cn1)c1cc2cc(Cl)ccc2[nH]c1=O. The van der Waals surface area contributed by atoms with Gasteiger partial charge >= 0.3 is 5.76 Å². The number of pyridine rings is 2. The third-order valence-corrected chi connectivity index (χ3v) is 4.21. The predicted octanol–water partition coefficient (Wildman–Crippen LogP) is 3.18. The number of anilines is 1. The molecule has 3 aromatic heterocycles. The molecule has 0 spiro atoms. The van der Waals surface area contributed by atoms with E-state index in [0.29, 0.717) is 27.5 Å². The van der Waals surface area contributed by atoms with Gasteiger partial charge in [-0.05, 0) is 31.2 Å². The summed E-state index contributed by atoms with van der Waals surface area (Å²) < 4.78 is 4.92. The van der Waals surface area contributed by atoms with Crippen molar-refractivity contribution in [1.29, 1.82) is 0 Å². The summed E-state index contributed by atoms with van der Waals surface area (Å²) in [5, 5.41) is 4.60. The largest absolute Gasteiger partial charge is 0.417 e. The number of aromatic nitrogens is 3. The number of fused-ring (bicyclic) bond motifs is 2. The molecule has 3 heterocycles. The van der Waals surface area contributed by atoms with Gasteiger partial charge in [-0.2, -0.15) is 0 Å². The lowest BCUT2D eigenvalue weighted by Gasteiger charge is -2.14. The molecule has 0 amide bonds. The first-order valence-corrected chi connectivity index (χ1v) is 7.95. The molecule has 8 heteroatoms. The minimum Gasteiger partial charge on any atom is -0.406 e. The fourth-order valence-corrected chi connectivity index (χ4v) is 2.93. The van der Waals surface area contributed by atoms with Gasteiger partial charge in [0.15, 0.2) is 5.58 Å². The summed E-state index contributed by atoms with van der Waals surface area (Å²) in [5.41, 5.74) is 2.00. The first-order chi connectivity index (χ1) is 12.0.